The van der Waals surface area contributed by atoms with Gasteiger partial charge in [0.2, 0.25) is 0 Å². The molecule has 1 aromatic heterocycles. The minimum atomic E-state index is -0.300. The topological polar surface area (TPSA) is 86.1 Å². The number of carbonyl (C=O) groups excluding carboxylic acids is 2. The van der Waals surface area contributed by atoms with Crippen LogP contribution in [-0.4, -0.2) is 33.1 Å². The number of Topliss-reactive ketones (excluding diaryl/α,β-unsaturated/α-hetero) is 1. The summed E-state index contributed by atoms with van der Waals surface area (Å²) in [5.74, 6) is 0.294. The van der Waals surface area contributed by atoms with Crippen molar-refractivity contribution in [3.63, 3.8) is 0 Å². The van der Waals surface area contributed by atoms with E-state index in [0.29, 0.717) is 29.1 Å². The highest BCUT2D eigenvalue weighted by atomic mass is 16.5. The lowest BCUT2D eigenvalue weighted by atomic mass is 10.1. The first-order valence-corrected chi connectivity index (χ1v) is 8.17. The van der Waals surface area contributed by atoms with E-state index in [1.807, 2.05) is 25.1 Å². The van der Waals surface area contributed by atoms with E-state index < -0.39 is 0 Å². The molecule has 3 rings (SSSR count). The number of hydrogen-bond acceptors (Lipinski definition) is 5. The molecular formula is C19H18N4O3. The summed E-state index contributed by atoms with van der Waals surface area (Å²) in [5.41, 5.74) is 1.95. The SMILES string of the molecule is CCC(=O)c1ccc(OCC(=O)Nc2ccccc2-n2cncn2)cc1. The molecule has 7 nitrogen and oxygen atoms in total. The van der Waals surface area contributed by atoms with Crippen LogP contribution in [0.25, 0.3) is 5.69 Å². The van der Waals surface area contributed by atoms with E-state index in [0.717, 1.165) is 0 Å². The van der Waals surface area contributed by atoms with Crippen LogP contribution in [0.5, 0.6) is 5.75 Å². The monoisotopic (exact) mass is 350 g/mol. The van der Waals surface area contributed by atoms with Gasteiger partial charge in [-0.15, -0.1) is 0 Å². The minimum absolute atomic E-state index is 0.0685. The summed E-state index contributed by atoms with van der Waals surface area (Å²) in [6.45, 7) is 1.67. The average molecular weight is 350 g/mol. The van der Waals surface area contributed by atoms with Crippen molar-refractivity contribution in [2.24, 2.45) is 0 Å². The van der Waals surface area contributed by atoms with E-state index >= 15 is 0 Å². The molecule has 3 aromatic rings. The fourth-order valence-corrected chi connectivity index (χ4v) is 2.39. The Kier molecular flexibility index (Phi) is 5.38. The highest BCUT2D eigenvalue weighted by Gasteiger charge is 2.10. The lowest BCUT2D eigenvalue weighted by Crippen LogP contribution is -2.21. The molecule has 0 saturated heterocycles. The molecule has 2 aromatic carbocycles. The van der Waals surface area contributed by atoms with Gasteiger partial charge < -0.3 is 10.1 Å². The lowest BCUT2D eigenvalue weighted by Gasteiger charge is -2.11. The Balaban J connectivity index is 1.61. The summed E-state index contributed by atoms with van der Waals surface area (Å²) in [4.78, 5) is 27.7. The number of para-hydroxylation sites is 2. The standard InChI is InChI=1S/C19H18N4O3/c1-2-18(24)14-7-9-15(10-8-14)26-11-19(25)22-16-5-3-4-6-17(16)23-13-20-12-21-23/h3-10,12-13H,2,11H2,1H3,(H,22,25). The first kappa shape index (κ1) is 17.3. The molecule has 0 unspecified atom stereocenters. The molecule has 0 fully saturated rings. The average Bonchev–Trinajstić information content (AvgIpc) is 3.21. The number of benzene rings is 2. The molecule has 0 spiro atoms. The van der Waals surface area contributed by atoms with Crippen molar-refractivity contribution >= 4 is 17.4 Å². The molecule has 1 heterocycles. The molecule has 0 aliphatic heterocycles. The Morgan fingerprint density at radius 2 is 1.88 bits per heavy atom. The number of ether oxygens (including phenoxy) is 1. The van der Waals surface area contributed by atoms with Crippen LogP contribution < -0.4 is 10.1 Å². The van der Waals surface area contributed by atoms with Gasteiger partial charge in [0.15, 0.2) is 12.4 Å². The van der Waals surface area contributed by atoms with Crippen LogP contribution in [0.1, 0.15) is 23.7 Å². The number of rotatable bonds is 7. The Hall–Kier alpha value is -3.48. The molecule has 7 heteroatoms. The Bertz CT molecular complexity index is 889. The number of carbonyl (C=O) groups is 2. The zero-order valence-electron chi connectivity index (χ0n) is 14.3. The zero-order valence-corrected chi connectivity index (χ0v) is 14.3. The van der Waals surface area contributed by atoms with Crippen molar-refractivity contribution in [2.45, 2.75) is 13.3 Å². The summed E-state index contributed by atoms with van der Waals surface area (Å²) in [6, 6.07) is 14.0. The van der Waals surface area contributed by atoms with Gasteiger partial charge in [-0.3, -0.25) is 9.59 Å². The number of nitrogens with zero attached hydrogens (tertiary/aromatic N) is 3. The van der Waals surface area contributed by atoms with E-state index in [2.05, 4.69) is 15.4 Å². The molecule has 26 heavy (non-hydrogen) atoms. The van der Waals surface area contributed by atoms with Gasteiger partial charge in [0, 0.05) is 12.0 Å². The predicted molar refractivity (Wildman–Crippen MR) is 96.5 cm³/mol. The van der Waals surface area contributed by atoms with Gasteiger partial charge in [-0.1, -0.05) is 19.1 Å². The normalized spacial score (nSPS) is 10.3. The van der Waals surface area contributed by atoms with Crippen molar-refractivity contribution in [3.05, 3.63) is 66.7 Å². The fraction of sp³-hybridized carbons (Fsp3) is 0.158. The van der Waals surface area contributed by atoms with Gasteiger partial charge in [-0.05, 0) is 36.4 Å². The second-order valence-corrected chi connectivity index (χ2v) is 5.50. The summed E-state index contributed by atoms with van der Waals surface area (Å²) in [6.07, 6.45) is 3.43. The van der Waals surface area contributed by atoms with Crippen LogP contribution in [0.15, 0.2) is 61.2 Å². The van der Waals surface area contributed by atoms with Crippen LogP contribution in [-0.2, 0) is 4.79 Å². The number of anilines is 1. The molecular weight excluding hydrogens is 332 g/mol. The van der Waals surface area contributed by atoms with E-state index in [4.69, 9.17) is 4.74 Å². The van der Waals surface area contributed by atoms with Gasteiger partial charge in [-0.2, -0.15) is 5.10 Å². The van der Waals surface area contributed by atoms with E-state index in [9.17, 15) is 9.59 Å². The van der Waals surface area contributed by atoms with Gasteiger partial charge >= 0.3 is 0 Å². The summed E-state index contributed by atoms with van der Waals surface area (Å²) in [7, 11) is 0. The third-order valence-electron chi connectivity index (χ3n) is 3.71. The van der Waals surface area contributed by atoms with Crippen molar-refractivity contribution in [2.75, 3.05) is 11.9 Å². The molecule has 1 amide bonds. The van der Waals surface area contributed by atoms with Crippen molar-refractivity contribution in [3.8, 4) is 11.4 Å². The van der Waals surface area contributed by atoms with Gasteiger partial charge in [0.25, 0.3) is 5.91 Å². The summed E-state index contributed by atoms with van der Waals surface area (Å²) < 4.78 is 7.05. The number of hydrogen-bond donors (Lipinski definition) is 1. The molecule has 0 bridgehead atoms. The largest absolute Gasteiger partial charge is 0.484 e. The number of ketones is 1. The van der Waals surface area contributed by atoms with Gasteiger partial charge in [-0.25, -0.2) is 9.67 Å². The van der Waals surface area contributed by atoms with Crippen LogP contribution in [0.3, 0.4) is 0 Å². The predicted octanol–water partition coefficient (Wildman–Crippen LogP) is 2.88. The molecule has 0 aliphatic rings. The maximum atomic E-state index is 12.2. The maximum absolute atomic E-state index is 12.2. The van der Waals surface area contributed by atoms with Gasteiger partial charge in [0.1, 0.15) is 18.4 Å². The Labute approximate surface area is 150 Å². The van der Waals surface area contributed by atoms with Crippen molar-refractivity contribution < 1.29 is 14.3 Å². The lowest BCUT2D eigenvalue weighted by molar-refractivity contribution is -0.118. The summed E-state index contributed by atoms with van der Waals surface area (Å²) in [5, 5.41) is 6.87. The van der Waals surface area contributed by atoms with Crippen molar-refractivity contribution in [1.29, 1.82) is 0 Å². The second-order valence-electron chi connectivity index (χ2n) is 5.50. The first-order valence-electron chi connectivity index (χ1n) is 8.17. The van der Waals surface area contributed by atoms with Crippen LogP contribution in [0, 0.1) is 0 Å². The highest BCUT2D eigenvalue weighted by molar-refractivity contribution is 5.96. The molecule has 132 valence electrons. The number of amides is 1. The van der Waals surface area contributed by atoms with Crippen LogP contribution in [0.4, 0.5) is 5.69 Å². The molecule has 0 aliphatic carbocycles. The van der Waals surface area contributed by atoms with E-state index in [-0.39, 0.29) is 18.3 Å². The number of nitrogens with one attached hydrogen (secondary N) is 1. The number of aromatic nitrogens is 3. The van der Waals surface area contributed by atoms with E-state index in [1.165, 1.54) is 6.33 Å². The minimum Gasteiger partial charge on any atom is -0.484 e. The quantitative estimate of drug-likeness (QED) is 0.662. The fourth-order valence-electron chi connectivity index (χ4n) is 2.39. The molecule has 1 N–H and O–H groups in total. The molecule has 0 radical (unpaired) electrons. The molecule has 0 atom stereocenters. The highest BCUT2D eigenvalue weighted by Crippen LogP contribution is 2.19. The third kappa shape index (κ3) is 4.13. The Morgan fingerprint density at radius 1 is 1.12 bits per heavy atom. The smallest absolute Gasteiger partial charge is 0.262 e. The maximum Gasteiger partial charge on any atom is 0.262 e. The van der Waals surface area contributed by atoms with Crippen LogP contribution in [0.2, 0.25) is 0 Å². The Morgan fingerprint density at radius 3 is 2.58 bits per heavy atom. The van der Waals surface area contributed by atoms with E-state index in [1.54, 1.807) is 41.3 Å². The van der Waals surface area contributed by atoms with Gasteiger partial charge in [0.05, 0.1) is 11.4 Å². The first-order chi connectivity index (χ1) is 12.7. The summed E-state index contributed by atoms with van der Waals surface area (Å²) >= 11 is 0. The second kappa shape index (κ2) is 8.06. The molecule has 0 saturated carbocycles. The van der Waals surface area contributed by atoms with Crippen LogP contribution >= 0.6 is 0 Å². The zero-order chi connectivity index (χ0) is 18.4. The third-order valence-corrected chi connectivity index (χ3v) is 3.71. The van der Waals surface area contributed by atoms with Crippen molar-refractivity contribution in [1.82, 2.24) is 14.8 Å².